The normalized spacial score (nSPS) is 15.9. The molecule has 0 spiro atoms. The Bertz CT molecular complexity index is 140. The van der Waals surface area contributed by atoms with E-state index in [1.165, 1.54) is 0 Å². The Morgan fingerprint density at radius 2 is 2.07 bits per heavy atom. The molecule has 0 aliphatic heterocycles. The number of rotatable bonds is 8. The average molecular weight is 204 g/mol. The van der Waals surface area contributed by atoms with Gasteiger partial charge in [-0.05, 0) is 20.4 Å². The number of hydrogen-bond donors (Lipinski definition) is 2. The summed E-state index contributed by atoms with van der Waals surface area (Å²) in [6, 6.07) is 0. The largest absolute Gasteiger partial charge is 0.388 e. The lowest BCUT2D eigenvalue weighted by molar-refractivity contribution is 0.0186. The van der Waals surface area contributed by atoms with Crippen molar-refractivity contribution in [2.24, 2.45) is 5.73 Å². The van der Waals surface area contributed by atoms with Crippen molar-refractivity contribution in [2.75, 3.05) is 39.4 Å². The molecule has 1 atom stereocenters. The summed E-state index contributed by atoms with van der Waals surface area (Å²) in [6.07, 6.45) is 0. The number of ether oxygens (including phenoxy) is 1. The van der Waals surface area contributed by atoms with Crippen LogP contribution < -0.4 is 5.73 Å². The summed E-state index contributed by atoms with van der Waals surface area (Å²) in [5.74, 6) is 0. The molecule has 0 aromatic heterocycles. The fourth-order valence-corrected chi connectivity index (χ4v) is 1.23. The summed E-state index contributed by atoms with van der Waals surface area (Å²) in [5, 5.41) is 9.77. The highest BCUT2D eigenvalue weighted by atomic mass is 16.5. The summed E-state index contributed by atoms with van der Waals surface area (Å²) in [6.45, 7) is 9.91. The number of aliphatic hydroxyl groups is 1. The molecule has 0 saturated heterocycles. The fourth-order valence-electron chi connectivity index (χ4n) is 1.23. The summed E-state index contributed by atoms with van der Waals surface area (Å²) >= 11 is 0. The first kappa shape index (κ1) is 13.8. The molecule has 0 amide bonds. The molecule has 0 aromatic rings. The van der Waals surface area contributed by atoms with Gasteiger partial charge in [-0.15, -0.1) is 0 Å². The number of likely N-dealkylation sites (N-methyl/N-ethyl adjacent to an activating group) is 1. The summed E-state index contributed by atoms with van der Waals surface area (Å²) in [7, 11) is 0. The van der Waals surface area contributed by atoms with E-state index < -0.39 is 5.60 Å². The summed E-state index contributed by atoms with van der Waals surface area (Å²) < 4.78 is 5.26. The van der Waals surface area contributed by atoms with Gasteiger partial charge in [0, 0.05) is 26.2 Å². The van der Waals surface area contributed by atoms with Crippen LogP contribution in [0.15, 0.2) is 0 Å². The van der Waals surface area contributed by atoms with Crippen molar-refractivity contribution in [1.82, 2.24) is 4.90 Å². The second-order valence-electron chi connectivity index (χ2n) is 3.77. The summed E-state index contributed by atoms with van der Waals surface area (Å²) in [4.78, 5) is 2.14. The van der Waals surface area contributed by atoms with Crippen LogP contribution in [0.3, 0.4) is 0 Å². The molecule has 0 rings (SSSR count). The van der Waals surface area contributed by atoms with E-state index in [1.807, 2.05) is 6.92 Å². The van der Waals surface area contributed by atoms with Gasteiger partial charge < -0.3 is 15.6 Å². The average Bonchev–Trinajstić information content (AvgIpc) is 2.16. The Morgan fingerprint density at radius 1 is 1.43 bits per heavy atom. The zero-order valence-electron chi connectivity index (χ0n) is 9.62. The Hall–Kier alpha value is -0.160. The van der Waals surface area contributed by atoms with Gasteiger partial charge in [-0.3, -0.25) is 4.90 Å². The van der Waals surface area contributed by atoms with Crippen LogP contribution in [-0.2, 0) is 4.74 Å². The third kappa shape index (κ3) is 6.32. The maximum Gasteiger partial charge on any atom is 0.0867 e. The Labute approximate surface area is 87.0 Å². The maximum absolute atomic E-state index is 9.77. The van der Waals surface area contributed by atoms with E-state index in [2.05, 4.69) is 11.8 Å². The van der Waals surface area contributed by atoms with Gasteiger partial charge in [0.2, 0.25) is 0 Å². The van der Waals surface area contributed by atoms with Gasteiger partial charge in [0.15, 0.2) is 0 Å². The number of hydrogen-bond acceptors (Lipinski definition) is 4. The van der Waals surface area contributed by atoms with Crippen LogP contribution in [0.25, 0.3) is 0 Å². The van der Waals surface area contributed by atoms with Crippen LogP contribution in [0.5, 0.6) is 0 Å². The van der Waals surface area contributed by atoms with Crippen LogP contribution in [0.2, 0.25) is 0 Å². The van der Waals surface area contributed by atoms with Crippen molar-refractivity contribution in [3.63, 3.8) is 0 Å². The molecule has 0 heterocycles. The second-order valence-corrected chi connectivity index (χ2v) is 3.77. The Morgan fingerprint density at radius 3 is 2.50 bits per heavy atom. The van der Waals surface area contributed by atoms with Crippen LogP contribution in [-0.4, -0.2) is 55.0 Å². The van der Waals surface area contributed by atoms with Gasteiger partial charge >= 0.3 is 0 Å². The van der Waals surface area contributed by atoms with Crippen molar-refractivity contribution in [1.29, 1.82) is 0 Å². The number of nitrogens with two attached hydrogens (primary N) is 1. The monoisotopic (exact) mass is 204 g/mol. The van der Waals surface area contributed by atoms with E-state index in [0.29, 0.717) is 13.2 Å². The lowest BCUT2D eigenvalue weighted by Gasteiger charge is -2.29. The van der Waals surface area contributed by atoms with Crippen molar-refractivity contribution in [3.05, 3.63) is 0 Å². The van der Waals surface area contributed by atoms with Crippen LogP contribution >= 0.6 is 0 Å². The first-order valence-corrected chi connectivity index (χ1v) is 5.28. The highest BCUT2D eigenvalue weighted by Gasteiger charge is 2.21. The van der Waals surface area contributed by atoms with Crippen molar-refractivity contribution < 1.29 is 9.84 Å². The molecule has 86 valence electrons. The second kappa shape index (κ2) is 7.17. The van der Waals surface area contributed by atoms with E-state index in [0.717, 1.165) is 19.7 Å². The van der Waals surface area contributed by atoms with Gasteiger partial charge in [0.1, 0.15) is 0 Å². The Balaban J connectivity index is 3.78. The first-order chi connectivity index (χ1) is 6.55. The maximum atomic E-state index is 9.77. The molecule has 0 saturated carbocycles. The molecular weight excluding hydrogens is 180 g/mol. The minimum atomic E-state index is -0.789. The molecule has 0 fully saturated rings. The van der Waals surface area contributed by atoms with Gasteiger partial charge in [-0.1, -0.05) is 6.92 Å². The minimum Gasteiger partial charge on any atom is -0.388 e. The SMILES string of the molecule is CCOCCN(CC)CC(C)(O)CN. The van der Waals surface area contributed by atoms with Crippen LogP contribution in [0.1, 0.15) is 20.8 Å². The Kier molecular flexibility index (Phi) is 7.09. The molecule has 4 heteroatoms. The molecule has 0 aromatic carbocycles. The van der Waals surface area contributed by atoms with Crippen molar-refractivity contribution >= 4 is 0 Å². The first-order valence-electron chi connectivity index (χ1n) is 5.28. The third-order valence-corrected chi connectivity index (χ3v) is 2.21. The third-order valence-electron chi connectivity index (χ3n) is 2.21. The molecule has 0 aliphatic carbocycles. The zero-order valence-corrected chi connectivity index (χ0v) is 9.62. The van der Waals surface area contributed by atoms with Gasteiger partial charge in [-0.25, -0.2) is 0 Å². The van der Waals surface area contributed by atoms with Gasteiger partial charge in [0.25, 0.3) is 0 Å². The van der Waals surface area contributed by atoms with Crippen molar-refractivity contribution in [3.8, 4) is 0 Å². The fraction of sp³-hybridized carbons (Fsp3) is 1.00. The molecule has 4 nitrogen and oxygen atoms in total. The molecule has 3 N–H and O–H groups in total. The van der Waals surface area contributed by atoms with E-state index >= 15 is 0 Å². The van der Waals surface area contributed by atoms with Crippen molar-refractivity contribution in [2.45, 2.75) is 26.4 Å². The van der Waals surface area contributed by atoms with Crippen LogP contribution in [0.4, 0.5) is 0 Å². The topological polar surface area (TPSA) is 58.7 Å². The molecule has 14 heavy (non-hydrogen) atoms. The molecule has 0 aliphatic rings. The lowest BCUT2D eigenvalue weighted by Crippen LogP contribution is -2.46. The number of nitrogens with zero attached hydrogens (tertiary/aromatic N) is 1. The molecule has 0 radical (unpaired) electrons. The minimum absolute atomic E-state index is 0.290. The lowest BCUT2D eigenvalue weighted by atomic mass is 10.1. The highest BCUT2D eigenvalue weighted by Crippen LogP contribution is 2.03. The van der Waals surface area contributed by atoms with E-state index in [9.17, 15) is 5.11 Å². The predicted molar refractivity (Wildman–Crippen MR) is 58.3 cm³/mol. The molecule has 1 unspecified atom stereocenters. The van der Waals surface area contributed by atoms with Gasteiger partial charge in [-0.2, -0.15) is 0 Å². The smallest absolute Gasteiger partial charge is 0.0867 e. The van der Waals surface area contributed by atoms with Crippen LogP contribution in [0, 0.1) is 0 Å². The predicted octanol–water partition coefficient (Wildman–Crippen LogP) is 0.0545. The quantitative estimate of drug-likeness (QED) is 0.549. The summed E-state index contributed by atoms with van der Waals surface area (Å²) in [5.41, 5.74) is 4.67. The van der Waals surface area contributed by atoms with E-state index in [-0.39, 0.29) is 6.54 Å². The molecular formula is C10H24N2O2. The zero-order chi connectivity index (χ0) is 11.0. The van der Waals surface area contributed by atoms with E-state index in [4.69, 9.17) is 10.5 Å². The highest BCUT2D eigenvalue weighted by molar-refractivity contribution is 4.77. The molecule has 0 bridgehead atoms. The van der Waals surface area contributed by atoms with Gasteiger partial charge in [0.05, 0.1) is 12.2 Å². The van der Waals surface area contributed by atoms with E-state index in [1.54, 1.807) is 6.92 Å². The standard InChI is InChI=1S/C10H24N2O2/c1-4-12(6-7-14-5-2)9-10(3,13)8-11/h13H,4-9,11H2,1-3H3.